The standard InChI is InChI=1S/C32H35ClF3N3O5S/c1-19-17-37-18-26(39(19)45(3,42)43)11-12-27-21(5-4-6-28(27)36)15-29(40)31(38-32(41)44-2)30(20-7-9-23(33)10-8-20)22-13-24(34)16-25(35)14-22/h4-10,13-14,16,19,26,30-31,37H,11-12,15,17-18H2,1-3H3,(H,38,41)/t19-,26-,30-,31+/m0/s1. The fourth-order valence-electron chi connectivity index (χ4n) is 6.02. The number of hydrogen-bond acceptors (Lipinski definition) is 6. The molecule has 2 N–H and O–H groups in total. The molecule has 0 saturated carbocycles. The molecule has 242 valence electrons. The first-order valence-electron chi connectivity index (χ1n) is 14.3. The zero-order valence-corrected chi connectivity index (χ0v) is 26.6. The Morgan fingerprint density at radius 1 is 1.04 bits per heavy atom. The lowest BCUT2D eigenvalue weighted by Gasteiger charge is -2.39. The molecule has 4 rings (SSSR count). The third-order valence-electron chi connectivity index (χ3n) is 7.92. The maximum atomic E-state index is 15.3. The van der Waals surface area contributed by atoms with Gasteiger partial charge in [-0.3, -0.25) is 4.79 Å². The van der Waals surface area contributed by atoms with E-state index < -0.39 is 57.4 Å². The average Bonchev–Trinajstić information content (AvgIpc) is 2.96. The first kappa shape index (κ1) is 34.4. The summed E-state index contributed by atoms with van der Waals surface area (Å²) in [4.78, 5) is 26.6. The summed E-state index contributed by atoms with van der Waals surface area (Å²) < 4.78 is 75.4. The SMILES string of the molecule is COC(=O)N[C@H](C(=O)Cc1cccc(F)c1CC[C@H]1CNC[C@H](C)N1S(C)(=O)=O)[C@@H](c1ccc(Cl)cc1)c1cc(F)cc(F)c1. The molecule has 0 unspecified atom stereocenters. The van der Waals surface area contributed by atoms with E-state index in [0.29, 0.717) is 35.3 Å². The van der Waals surface area contributed by atoms with Crippen LogP contribution in [0.25, 0.3) is 0 Å². The molecule has 0 aromatic heterocycles. The number of hydrogen-bond donors (Lipinski definition) is 2. The number of carbonyl (C=O) groups excluding carboxylic acids is 2. The molecule has 8 nitrogen and oxygen atoms in total. The van der Waals surface area contributed by atoms with Crippen molar-refractivity contribution in [2.75, 3.05) is 26.5 Å². The highest BCUT2D eigenvalue weighted by atomic mass is 35.5. The highest BCUT2D eigenvalue weighted by Gasteiger charge is 2.36. The van der Waals surface area contributed by atoms with Gasteiger partial charge in [-0.05, 0) is 72.4 Å². The number of rotatable bonds is 11. The number of nitrogens with one attached hydrogen (secondary N) is 2. The molecule has 3 aromatic rings. The molecule has 1 heterocycles. The van der Waals surface area contributed by atoms with Crippen molar-refractivity contribution in [1.82, 2.24) is 14.9 Å². The minimum atomic E-state index is -3.53. The van der Waals surface area contributed by atoms with Crippen molar-refractivity contribution in [3.05, 3.63) is 105 Å². The second kappa shape index (κ2) is 14.8. The summed E-state index contributed by atoms with van der Waals surface area (Å²) in [6, 6.07) is 11.3. The fraction of sp³-hybridized carbons (Fsp3) is 0.375. The van der Waals surface area contributed by atoms with Gasteiger partial charge in [-0.25, -0.2) is 26.4 Å². The second-order valence-electron chi connectivity index (χ2n) is 11.2. The number of methoxy groups -OCH3 is 1. The summed E-state index contributed by atoms with van der Waals surface area (Å²) >= 11 is 6.08. The Kier molecular flexibility index (Phi) is 11.3. The van der Waals surface area contributed by atoms with Gasteiger partial charge in [-0.2, -0.15) is 4.31 Å². The van der Waals surface area contributed by atoms with Crippen molar-refractivity contribution < 1.29 is 35.9 Å². The Bertz CT molecular complexity index is 1620. The second-order valence-corrected chi connectivity index (χ2v) is 13.5. The Labute approximate surface area is 266 Å². The maximum Gasteiger partial charge on any atom is 0.407 e. The number of carbonyl (C=O) groups is 2. The minimum Gasteiger partial charge on any atom is -0.453 e. The lowest BCUT2D eigenvalue weighted by Crippen LogP contribution is -2.58. The van der Waals surface area contributed by atoms with E-state index in [1.807, 2.05) is 0 Å². The van der Waals surface area contributed by atoms with Crippen LogP contribution in [-0.2, 0) is 32.4 Å². The molecular weight excluding hydrogens is 631 g/mol. The molecule has 1 fully saturated rings. The van der Waals surface area contributed by atoms with Crippen LogP contribution in [0.3, 0.4) is 0 Å². The molecule has 0 spiro atoms. The van der Waals surface area contributed by atoms with Gasteiger partial charge < -0.3 is 15.4 Å². The predicted molar refractivity (Wildman–Crippen MR) is 165 cm³/mol. The number of Topliss-reactive ketones (excluding diaryl/α,β-unsaturated/α-hetero) is 1. The molecular formula is C32H35ClF3N3O5S. The van der Waals surface area contributed by atoms with Gasteiger partial charge in [-0.1, -0.05) is 35.9 Å². The molecule has 13 heteroatoms. The highest BCUT2D eigenvalue weighted by Crippen LogP contribution is 2.32. The Balaban J connectivity index is 1.70. The molecule has 1 amide bonds. The number of sulfonamides is 1. The number of amides is 1. The van der Waals surface area contributed by atoms with Gasteiger partial charge in [0, 0.05) is 48.6 Å². The van der Waals surface area contributed by atoms with Crippen molar-refractivity contribution in [2.45, 2.75) is 50.2 Å². The first-order valence-corrected chi connectivity index (χ1v) is 16.5. The Morgan fingerprint density at radius 3 is 2.33 bits per heavy atom. The molecule has 45 heavy (non-hydrogen) atoms. The molecule has 1 aliphatic heterocycles. The van der Waals surface area contributed by atoms with E-state index in [1.54, 1.807) is 37.3 Å². The minimum absolute atomic E-state index is 0.0730. The molecule has 4 atom stereocenters. The average molecular weight is 666 g/mol. The molecule has 0 aliphatic carbocycles. The fourth-order valence-corrected chi connectivity index (χ4v) is 7.60. The van der Waals surface area contributed by atoms with Gasteiger partial charge in [0.1, 0.15) is 23.5 Å². The van der Waals surface area contributed by atoms with Crippen LogP contribution in [0.4, 0.5) is 18.0 Å². The molecule has 0 radical (unpaired) electrons. The number of ether oxygens (including phenoxy) is 1. The summed E-state index contributed by atoms with van der Waals surface area (Å²) in [7, 11) is -2.42. The monoisotopic (exact) mass is 665 g/mol. The van der Waals surface area contributed by atoms with E-state index >= 15 is 4.39 Å². The van der Waals surface area contributed by atoms with Crippen molar-refractivity contribution in [2.24, 2.45) is 0 Å². The quantitative estimate of drug-likeness (QED) is 0.300. The van der Waals surface area contributed by atoms with Gasteiger partial charge in [0.05, 0.1) is 13.4 Å². The van der Waals surface area contributed by atoms with Crippen LogP contribution < -0.4 is 10.6 Å². The van der Waals surface area contributed by atoms with Crippen molar-refractivity contribution in [1.29, 1.82) is 0 Å². The van der Waals surface area contributed by atoms with Crippen molar-refractivity contribution in [3.8, 4) is 0 Å². The number of benzene rings is 3. The summed E-state index contributed by atoms with van der Waals surface area (Å²) in [5.41, 5.74) is 1.07. The highest BCUT2D eigenvalue weighted by molar-refractivity contribution is 7.88. The first-order chi connectivity index (χ1) is 21.3. The topological polar surface area (TPSA) is 105 Å². The van der Waals surface area contributed by atoms with E-state index in [1.165, 1.54) is 16.4 Å². The third-order valence-corrected chi connectivity index (χ3v) is 9.59. The summed E-state index contributed by atoms with van der Waals surface area (Å²) in [6.07, 6.45) is 0.255. The number of halogens is 4. The van der Waals surface area contributed by atoms with Gasteiger partial charge in [0.15, 0.2) is 5.78 Å². The molecule has 0 bridgehead atoms. The third kappa shape index (κ3) is 8.63. The van der Waals surface area contributed by atoms with E-state index in [9.17, 15) is 26.8 Å². The van der Waals surface area contributed by atoms with Gasteiger partial charge >= 0.3 is 6.09 Å². The van der Waals surface area contributed by atoms with Crippen LogP contribution >= 0.6 is 11.6 Å². The van der Waals surface area contributed by atoms with Gasteiger partial charge in [0.2, 0.25) is 10.0 Å². The van der Waals surface area contributed by atoms with Crippen molar-refractivity contribution >= 4 is 33.5 Å². The van der Waals surface area contributed by atoms with E-state index in [0.717, 1.165) is 25.5 Å². The van der Waals surface area contributed by atoms with E-state index in [4.69, 9.17) is 16.3 Å². The summed E-state index contributed by atoms with van der Waals surface area (Å²) in [6.45, 7) is 2.67. The number of nitrogens with zero attached hydrogens (tertiary/aromatic N) is 1. The zero-order chi connectivity index (χ0) is 32.9. The molecule has 3 aromatic carbocycles. The van der Waals surface area contributed by atoms with Crippen LogP contribution in [0, 0.1) is 17.5 Å². The Hall–Kier alpha value is -3.45. The summed E-state index contributed by atoms with van der Waals surface area (Å²) in [5, 5.41) is 6.11. The number of ketones is 1. The zero-order valence-electron chi connectivity index (χ0n) is 25.0. The van der Waals surface area contributed by atoms with Gasteiger partial charge in [-0.15, -0.1) is 0 Å². The van der Waals surface area contributed by atoms with Crippen LogP contribution in [0.5, 0.6) is 0 Å². The van der Waals surface area contributed by atoms with E-state index in [2.05, 4.69) is 10.6 Å². The van der Waals surface area contributed by atoms with Crippen molar-refractivity contribution in [3.63, 3.8) is 0 Å². The van der Waals surface area contributed by atoms with Crippen LogP contribution in [-0.4, -0.2) is 69.2 Å². The molecule has 1 aliphatic rings. The van der Waals surface area contributed by atoms with Crippen LogP contribution in [0.1, 0.15) is 41.5 Å². The van der Waals surface area contributed by atoms with Gasteiger partial charge in [0.25, 0.3) is 0 Å². The van der Waals surface area contributed by atoms with Crippen LogP contribution in [0.2, 0.25) is 5.02 Å². The normalized spacial score (nSPS) is 18.6. The molecule has 1 saturated heterocycles. The Morgan fingerprint density at radius 2 is 1.71 bits per heavy atom. The van der Waals surface area contributed by atoms with E-state index in [-0.39, 0.29) is 36.4 Å². The smallest absolute Gasteiger partial charge is 0.407 e. The van der Waals surface area contributed by atoms with Crippen LogP contribution in [0.15, 0.2) is 60.7 Å². The number of alkyl carbamates (subject to hydrolysis) is 1. The summed E-state index contributed by atoms with van der Waals surface area (Å²) in [5.74, 6) is -3.98. The largest absolute Gasteiger partial charge is 0.453 e. The predicted octanol–water partition coefficient (Wildman–Crippen LogP) is 4.98. The lowest BCUT2D eigenvalue weighted by molar-refractivity contribution is -0.120. The number of piperazine rings is 1. The lowest BCUT2D eigenvalue weighted by atomic mass is 9.81. The maximum absolute atomic E-state index is 15.3.